The van der Waals surface area contributed by atoms with E-state index < -0.39 is 17.8 Å². The Balaban J connectivity index is 2.85. The summed E-state index contributed by atoms with van der Waals surface area (Å²) >= 11 is 0. The predicted molar refractivity (Wildman–Crippen MR) is 31.4 cm³/mol. The second kappa shape index (κ2) is 2.52. The average Bonchev–Trinajstić information content (AvgIpc) is 1.86. The van der Waals surface area contributed by atoms with E-state index in [4.69, 9.17) is 0 Å². The minimum Gasteiger partial charge on any atom is -0.349 e. The van der Waals surface area contributed by atoms with Crippen LogP contribution >= 0.6 is 0 Å². The highest BCUT2D eigenvalue weighted by atomic mass is 19.4. The Bertz CT molecular complexity index is 208. The normalized spacial score (nSPS) is 19.2. The first-order valence-electron chi connectivity index (χ1n) is 2.91. The molecule has 0 aromatic carbocycles. The number of nitrogens with one attached hydrogen (secondary N) is 1. The third kappa shape index (κ3) is 1.69. The van der Waals surface area contributed by atoms with E-state index in [1.165, 1.54) is 0 Å². The van der Waals surface area contributed by atoms with Crippen molar-refractivity contribution in [3.05, 3.63) is 0 Å². The number of carbonyl (C=O) groups is 1. The molecule has 0 aromatic heterocycles. The van der Waals surface area contributed by atoms with Gasteiger partial charge in [-0.25, -0.2) is 0 Å². The van der Waals surface area contributed by atoms with E-state index in [2.05, 4.69) is 4.99 Å². The molecule has 1 heterocycles. The van der Waals surface area contributed by atoms with Gasteiger partial charge in [0.2, 0.25) is 5.71 Å². The molecular weight excluding hydrogens is 161 g/mol. The molecule has 3 nitrogen and oxygen atoms in total. The van der Waals surface area contributed by atoms with Crippen molar-refractivity contribution in [2.24, 2.45) is 4.99 Å². The van der Waals surface area contributed by atoms with Gasteiger partial charge in [0.05, 0.1) is 6.54 Å². The topological polar surface area (TPSA) is 41.5 Å². The number of aliphatic imine (C=N–C) groups is 1. The third-order valence-electron chi connectivity index (χ3n) is 1.15. The number of amides is 1. The van der Waals surface area contributed by atoms with Gasteiger partial charge in [-0.05, 0) is 0 Å². The van der Waals surface area contributed by atoms with Crippen molar-refractivity contribution in [2.45, 2.75) is 6.18 Å². The zero-order valence-corrected chi connectivity index (χ0v) is 5.40. The van der Waals surface area contributed by atoms with Gasteiger partial charge in [-0.2, -0.15) is 13.2 Å². The molecule has 0 unspecified atom stereocenters. The molecule has 0 radical (unpaired) electrons. The fraction of sp³-hybridized carbons (Fsp3) is 0.600. The van der Waals surface area contributed by atoms with Crippen molar-refractivity contribution in [1.29, 1.82) is 0 Å². The zero-order valence-electron chi connectivity index (χ0n) is 5.40. The van der Waals surface area contributed by atoms with Gasteiger partial charge < -0.3 is 5.32 Å². The summed E-state index contributed by atoms with van der Waals surface area (Å²) in [5, 5.41) is 2.05. The highest BCUT2D eigenvalue weighted by Crippen LogP contribution is 2.18. The highest BCUT2D eigenvalue weighted by Gasteiger charge is 2.41. The summed E-state index contributed by atoms with van der Waals surface area (Å²) < 4.78 is 35.4. The second-order valence-electron chi connectivity index (χ2n) is 1.98. The molecule has 1 rings (SSSR count). The van der Waals surface area contributed by atoms with Gasteiger partial charge in [0.1, 0.15) is 0 Å². The quantitative estimate of drug-likeness (QED) is 0.545. The van der Waals surface area contributed by atoms with Gasteiger partial charge in [-0.3, -0.25) is 9.79 Å². The molecule has 1 amide bonds. The molecule has 1 N–H and O–H groups in total. The van der Waals surface area contributed by atoms with Crippen LogP contribution in [0.25, 0.3) is 0 Å². The van der Waals surface area contributed by atoms with Crippen LogP contribution in [0.1, 0.15) is 0 Å². The van der Waals surface area contributed by atoms with Crippen molar-refractivity contribution in [3.8, 4) is 0 Å². The lowest BCUT2D eigenvalue weighted by molar-refractivity contribution is -0.119. The van der Waals surface area contributed by atoms with Gasteiger partial charge in [-0.15, -0.1) is 0 Å². The van der Waals surface area contributed by atoms with Crippen LogP contribution in [0.3, 0.4) is 0 Å². The lowest BCUT2D eigenvalue weighted by Crippen LogP contribution is -2.44. The Morgan fingerprint density at radius 1 is 1.45 bits per heavy atom. The minimum absolute atomic E-state index is 0.000579. The first kappa shape index (κ1) is 8.03. The molecule has 1 aliphatic heterocycles. The first-order valence-corrected chi connectivity index (χ1v) is 2.91. The fourth-order valence-electron chi connectivity index (χ4n) is 0.711. The first-order chi connectivity index (χ1) is 5.02. The van der Waals surface area contributed by atoms with Gasteiger partial charge in [0.25, 0.3) is 5.91 Å². The maximum Gasteiger partial charge on any atom is 0.438 e. The summed E-state index contributed by atoms with van der Waals surface area (Å²) in [7, 11) is 0. The number of halogens is 3. The highest BCUT2D eigenvalue weighted by molar-refractivity contribution is 6.41. The van der Waals surface area contributed by atoms with Crippen LogP contribution in [-0.4, -0.2) is 30.9 Å². The summed E-state index contributed by atoms with van der Waals surface area (Å²) in [6, 6.07) is 0. The molecule has 0 saturated carbocycles. The Morgan fingerprint density at radius 2 is 2.09 bits per heavy atom. The number of alkyl halides is 3. The van der Waals surface area contributed by atoms with Crippen LogP contribution in [-0.2, 0) is 4.79 Å². The lowest BCUT2D eigenvalue weighted by Gasteiger charge is -2.14. The Labute approximate surface area is 60.3 Å². The molecule has 0 spiro atoms. The van der Waals surface area contributed by atoms with E-state index in [-0.39, 0.29) is 13.1 Å². The average molecular weight is 166 g/mol. The van der Waals surface area contributed by atoms with Crippen molar-refractivity contribution in [1.82, 2.24) is 5.32 Å². The summed E-state index contributed by atoms with van der Waals surface area (Å²) in [5.74, 6) is -1.14. The number of hydrogen-bond donors (Lipinski definition) is 1. The summed E-state index contributed by atoms with van der Waals surface area (Å²) in [4.78, 5) is 13.5. The molecule has 0 aromatic rings. The molecule has 62 valence electrons. The van der Waals surface area contributed by atoms with E-state index in [9.17, 15) is 18.0 Å². The Kier molecular flexibility index (Phi) is 1.84. The zero-order chi connectivity index (χ0) is 8.48. The molecule has 0 aliphatic carbocycles. The number of carbonyl (C=O) groups excluding carboxylic acids is 1. The van der Waals surface area contributed by atoms with E-state index in [0.717, 1.165) is 0 Å². The van der Waals surface area contributed by atoms with Gasteiger partial charge >= 0.3 is 6.18 Å². The monoisotopic (exact) mass is 166 g/mol. The molecule has 6 heteroatoms. The van der Waals surface area contributed by atoms with Gasteiger partial charge in [-0.1, -0.05) is 0 Å². The van der Waals surface area contributed by atoms with Crippen molar-refractivity contribution in [3.63, 3.8) is 0 Å². The largest absolute Gasteiger partial charge is 0.438 e. The molecule has 0 saturated heterocycles. The van der Waals surface area contributed by atoms with Crippen molar-refractivity contribution >= 4 is 11.6 Å². The number of rotatable bonds is 0. The molecular formula is C5H5F3N2O. The van der Waals surface area contributed by atoms with E-state index in [1.807, 2.05) is 5.32 Å². The van der Waals surface area contributed by atoms with Crippen molar-refractivity contribution in [2.75, 3.05) is 13.1 Å². The maximum absolute atomic E-state index is 11.8. The summed E-state index contributed by atoms with van der Waals surface area (Å²) in [6.45, 7) is 0.180. The maximum atomic E-state index is 11.8. The molecule has 0 atom stereocenters. The number of nitrogens with zero attached hydrogens (tertiary/aromatic N) is 1. The summed E-state index contributed by atoms with van der Waals surface area (Å²) in [5.41, 5.74) is -1.33. The van der Waals surface area contributed by atoms with E-state index >= 15 is 0 Å². The van der Waals surface area contributed by atoms with Crippen LogP contribution in [0.5, 0.6) is 0 Å². The van der Waals surface area contributed by atoms with Crippen LogP contribution in [0.15, 0.2) is 4.99 Å². The van der Waals surface area contributed by atoms with Crippen molar-refractivity contribution < 1.29 is 18.0 Å². The molecule has 0 bridgehead atoms. The predicted octanol–water partition coefficient (Wildman–Crippen LogP) is 0.119. The van der Waals surface area contributed by atoms with Crippen LogP contribution in [0.4, 0.5) is 13.2 Å². The van der Waals surface area contributed by atoms with Crippen LogP contribution in [0.2, 0.25) is 0 Å². The Morgan fingerprint density at radius 3 is 2.45 bits per heavy atom. The van der Waals surface area contributed by atoms with Gasteiger partial charge in [0, 0.05) is 6.54 Å². The van der Waals surface area contributed by atoms with E-state index in [1.54, 1.807) is 0 Å². The molecule has 1 aliphatic rings. The lowest BCUT2D eigenvalue weighted by atomic mass is 10.3. The number of hydrogen-bond acceptors (Lipinski definition) is 2. The summed E-state index contributed by atoms with van der Waals surface area (Å²) in [6.07, 6.45) is -4.62. The smallest absolute Gasteiger partial charge is 0.349 e. The van der Waals surface area contributed by atoms with E-state index in [0.29, 0.717) is 0 Å². The SMILES string of the molecule is O=C1NCCN=C1C(F)(F)F. The standard InChI is InChI=1S/C5H5F3N2O/c6-5(7,8)3-4(11)10-2-1-9-3/h1-2H2,(H,10,11). The third-order valence-corrected chi connectivity index (χ3v) is 1.15. The van der Waals surface area contributed by atoms with Crippen LogP contribution in [0, 0.1) is 0 Å². The second-order valence-corrected chi connectivity index (χ2v) is 1.98. The molecule has 0 fully saturated rings. The Hall–Kier alpha value is -1.07. The molecule has 11 heavy (non-hydrogen) atoms. The van der Waals surface area contributed by atoms with Crippen LogP contribution < -0.4 is 5.32 Å². The fourth-order valence-corrected chi connectivity index (χ4v) is 0.711. The minimum atomic E-state index is -4.62. The van der Waals surface area contributed by atoms with Gasteiger partial charge in [0.15, 0.2) is 0 Å².